The summed E-state index contributed by atoms with van der Waals surface area (Å²) in [6, 6.07) is 16.0. The lowest BCUT2D eigenvalue weighted by Crippen LogP contribution is -2.33. The second kappa shape index (κ2) is 13.1. The number of benzene rings is 3. The number of pyridine rings is 1. The fourth-order valence-corrected chi connectivity index (χ4v) is 5.77. The predicted molar refractivity (Wildman–Crippen MR) is 166 cm³/mol. The number of methoxy groups -OCH3 is 2. The van der Waals surface area contributed by atoms with Gasteiger partial charge in [-0.25, -0.2) is 18.2 Å². The van der Waals surface area contributed by atoms with Gasteiger partial charge in [-0.2, -0.15) is 0 Å². The SMILES string of the molecule is COc1ccc(C(Oc2ccc3c(N)nccc3c2)C(=O)NCc2cc(N(C)C(=O)O)ccc2S(=O)(=O)C(C)C)cc1OC. The molecule has 12 nitrogen and oxygen atoms in total. The van der Waals surface area contributed by atoms with Crippen LogP contribution in [0.25, 0.3) is 10.8 Å². The average molecular weight is 623 g/mol. The molecule has 1 atom stereocenters. The molecule has 2 amide bonds. The Labute approximate surface area is 255 Å². The molecular weight excluding hydrogens is 588 g/mol. The quantitative estimate of drug-likeness (QED) is 0.215. The van der Waals surface area contributed by atoms with Crippen molar-refractivity contribution in [3.05, 3.63) is 78.0 Å². The van der Waals surface area contributed by atoms with Gasteiger partial charge >= 0.3 is 6.09 Å². The van der Waals surface area contributed by atoms with E-state index in [0.717, 1.165) is 15.7 Å². The van der Waals surface area contributed by atoms with Gasteiger partial charge in [0, 0.05) is 36.4 Å². The molecular formula is C31H34N4O8S. The zero-order chi connectivity index (χ0) is 32.2. The summed E-state index contributed by atoms with van der Waals surface area (Å²) in [6.07, 6.45) is -0.866. The zero-order valence-corrected chi connectivity index (χ0v) is 25.7. The summed E-state index contributed by atoms with van der Waals surface area (Å²) in [5, 5.41) is 13.0. The van der Waals surface area contributed by atoms with Crippen molar-refractivity contribution in [1.29, 1.82) is 0 Å². The van der Waals surface area contributed by atoms with Crippen molar-refractivity contribution < 1.29 is 37.3 Å². The number of nitrogens with one attached hydrogen (secondary N) is 1. The maximum atomic E-state index is 13.8. The molecule has 0 fully saturated rings. The highest BCUT2D eigenvalue weighted by Crippen LogP contribution is 2.33. The number of ether oxygens (including phenoxy) is 3. The highest BCUT2D eigenvalue weighted by Gasteiger charge is 2.27. The first-order valence-corrected chi connectivity index (χ1v) is 15.1. The molecule has 0 aliphatic rings. The molecule has 0 saturated heterocycles. The van der Waals surface area contributed by atoms with E-state index < -0.39 is 33.2 Å². The van der Waals surface area contributed by atoms with Crippen molar-refractivity contribution in [1.82, 2.24) is 10.3 Å². The number of sulfone groups is 1. The number of fused-ring (bicyclic) bond motifs is 1. The van der Waals surface area contributed by atoms with Crippen LogP contribution in [-0.4, -0.2) is 57.0 Å². The van der Waals surface area contributed by atoms with Gasteiger partial charge in [-0.15, -0.1) is 0 Å². The molecule has 4 rings (SSSR count). The number of carbonyl (C=O) groups is 2. The molecule has 1 unspecified atom stereocenters. The second-order valence-electron chi connectivity index (χ2n) is 10.1. The van der Waals surface area contributed by atoms with E-state index in [2.05, 4.69) is 10.3 Å². The Kier molecular flexibility index (Phi) is 9.48. The van der Waals surface area contributed by atoms with Crippen LogP contribution in [0.1, 0.15) is 31.1 Å². The van der Waals surface area contributed by atoms with Gasteiger partial charge in [-0.05, 0) is 79.4 Å². The van der Waals surface area contributed by atoms with E-state index in [0.29, 0.717) is 28.6 Å². The molecule has 0 radical (unpaired) electrons. The number of hydrogen-bond acceptors (Lipinski definition) is 9. The lowest BCUT2D eigenvalue weighted by Gasteiger charge is -2.22. The van der Waals surface area contributed by atoms with Crippen LogP contribution in [-0.2, 0) is 21.2 Å². The lowest BCUT2D eigenvalue weighted by atomic mass is 10.1. The van der Waals surface area contributed by atoms with E-state index in [9.17, 15) is 23.1 Å². The van der Waals surface area contributed by atoms with E-state index in [4.69, 9.17) is 19.9 Å². The minimum atomic E-state index is -3.77. The monoisotopic (exact) mass is 622 g/mol. The number of carboxylic acid groups (broad SMARTS) is 1. The first kappa shape index (κ1) is 31.9. The highest BCUT2D eigenvalue weighted by atomic mass is 32.2. The van der Waals surface area contributed by atoms with Crippen molar-refractivity contribution in [3.8, 4) is 17.2 Å². The van der Waals surface area contributed by atoms with E-state index in [1.165, 1.54) is 39.5 Å². The summed E-state index contributed by atoms with van der Waals surface area (Å²) in [4.78, 5) is 30.4. The number of aromatic nitrogens is 1. The van der Waals surface area contributed by atoms with E-state index >= 15 is 0 Å². The highest BCUT2D eigenvalue weighted by molar-refractivity contribution is 7.92. The molecule has 1 aromatic heterocycles. The summed E-state index contributed by atoms with van der Waals surface area (Å²) in [6.45, 7) is 2.86. The van der Waals surface area contributed by atoms with E-state index in [1.807, 2.05) is 0 Å². The van der Waals surface area contributed by atoms with Gasteiger partial charge in [0.2, 0.25) is 6.10 Å². The van der Waals surface area contributed by atoms with Crippen LogP contribution in [0, 0.1) is 0 Å². The molecule has 44 heavy (non-hydrogen) atoms. The minimum Gasteiger partial charge on any atom is -0.493 e. The number of hydrogen-bond donors (Lipinski definition) is 3. The number of amides is 2. The number of carbonyl (C=O) groups excluding carboxylic acids is 1. The van der Waals surface area contributed by atoms with Crippen LogP contribution in [0.4, 0.5) is 16.3 Å². The summed E-state index contributed by atoms with van der Waals surface area (Å²) in [7, 11) is 0.526. The Balaban J connectivity index is 1.73. The third-order valence-electron chi connectivity index (χ3n) is 7.07. The van der Waals surface area contributed by atoms with Crippen molar-refractivity contribution in [2.45, 2.75) is 36.6 Å². The largest absolute Gasteiger partial charge is 0.493 e. The number of nitrogen functional groups attached to an aromatic ring is 1. The molecule has 0 saturated carbocycles. The van der Waals surface area contributed by atoms with Crippen molar-refractivity contribution in [3.63, 3.8) is 0 Å². The van der Waals surface area contributed by atoms with Gasteiger partial charge in [0.05, 0.1) is 24.4 Å². The molecule has 13 heteroatoms. The number of rotatable bonds is 11. The van der Waals surface area contributed by atoms with Crippen LogP contribution in [0.2, 0.25) is 0 Å². The Morgan fingerprint density at radius 1 is 1.00 bits per heavy atom. The smallest absolute Gasteiger partial charge is 0.411 e. The molecule has 0 aliphatic heterocycles. The van der Waals surface area contributed by atoms with Crippen LogP contribution < -0.4 is 30.2 Å². The first-order valence-electron chi connectivity index (χ1n) is 13.5. The number of anilines is 2. The summed E-state index contributed by atoms with van der Waals surface area (Å²) >= 11 is 0. The van der Waals surface area contributed by atoms with Gasteiger partial charge in [0.25, 0.3) is 5.91 Å². The Bertz CT molecular complexity index is 1810. The number of nitrogens with two attached hydrogens (primary N) is 1. The third kappa shape index (κ3) is 6.62. The molecule has 4 N–H and O–H groups in total. The van der Waals surface area contributed by atoms with Gasteiger partial charge < -0.3 is 30.4 Å². The average Bonchev–Trinajstić information content (AvgIpc) is 3.01. The maximum Gasteiger partial charge on any atom is 0.411 e. The topological polar surface area (TPSA) is 170 Å². The van der Waals surface area contributed by atoms with Crippen LogP contribution in [0.5, 0.6) is 17.2 Å². The normalized spacial score (nSPS) is 12.0. The van der Waals surface area contributed by atoms with Crippen molar-refractivity contribution in [2.24, 2.45) is 0 Å². The number of nitrogens with zero attached hydrogens (tertiary/aromatic N) is 2. The molecule has 0 bridgehead atoms. The van der Waals surface area contributed by atoms with Gasteiger partial charge in [-0.3, -0.25) is 9.69 Å². The van der Waals surface area contributed by atoms with Gasteiger partial charge in [-0.1, -0.05) is 6.07 Å². The Morgan fingerprint density at radius 3 is 2.39 bits per heavy atom. The van der Waals surface area contributed by atoms with Crippen molar-refractivity contribution in [2.75, 3.05) is 31.9 Å². The first-order chi connectivity index (χ1) is 20.9. The molecule has 1 heterocycles. The van der Waals surface area contributed by atoms with Gasteiger partial charge in [0.1, 0.15) is 11.6 Å². The maximum absolute atomic E-state index is 13.8. The van der Waals surface area contributed by atoms with Gasteiger partial charge in [0.15, 0.2) is 21.3 Å². The Hall–Kier alpha value is -5.04. The molecule has 3 aromatic carbocycles. The molecule has 0 spiro atoms. The minimum absolute atomic E-state index is 0.0142. The van der Waals surface area contributed by atoms with E-state index in [1.54, 1.807) is 62.5 Å². The zero-order valence-electron chi connectivity index (χ0n) is 24.9. The molecule has 232 valence electrons. The van der Waals surface area contributed by atoms with Crippen LogP contribution in [0.3, 0.4) is 0 Å². The second-order valence-corrected chi connectivity index (χ2v) is 12.6. The van der Waals surface area contributed by atoms with Crippen LogP contribution >= 0.6 is 0 Å². The standard InChI is InChI=1S/C31H34N4O8S/c1-18(2)44(39,40)27-11-7-22(35(3)31(37)38)14-21(27)17-34-30(36)28(20-6-10-25(41-4)26(16-20)42-5)43-23-8-9-24-19(15-23)12-13-33-29(24)32/h6-16,18,28H,17H2,1-5H3,(H2,32,33)(H,34,36)(H,37,38). The summed E-state index contributed by atoms with van der Waals surface area (Å²) in [5.74, 6) is 0.958. The predicted octanol–water partition coefficient (Wildman–Crippen LogP) is 4.57. The van der Waals surface area contributed by atoms with Crippen LogP contribution in [0.15, 0.2) is 71.8 Å². The molecule has 4 aromatic rings. The molecule has 0 aliphatic carbocycles. The lowest BCUT2D eigenvalue weighted by molar-refractivity contribution is -0.128. The third-order valence-corrected chi connectivity index (χ3v) is 9.32. The fraction of sp³-hybridized carbons (Fsp3) is 0.258. The Morgan fingerprint density at radius 2 is 1.73 bits per heavy atom. The summed E-state index contributed by atoms with van der Waals surface area (Å²) in [5.41, 5.74) is 6.88. The van der Waals surface area contributed by atoms with Crippen molar-refractivity contribution >= 4 is 44.1 Å². The fourth-order valence-electron chi connectivity index (χ4n) is 4.51. The summed E-state index contributed by atoms with van der Waals surface area (Å²) < 4.78 is 43.3. The van der Waals surface area contributed by atoms with E-state index in [-0.39, 0.29) is 22.7 Å².